The monoisotopic (exact) mass is 352 g/mol. The van der Waals surface area contributed by atoms with Crippen LogP contribution >= 0.6 is 15.9 Å². The van der Waals surface area contributed by atoms with E-state index >= 15 is 0 Å². The van der Waals surface area contributed by atoms with Gasteiger partial charge in [0.05, 0.1) is 6.54 Å². The lowest BCUT2D eigenvalue weighted by Crippen LogP contribution is -2.34. The SMILES string of the molecule is O=C(O)C1CCCc2nn(Cc3cncc(Br)c3)c(=O)n21. The van der Waals surface area contributed by atoms with E-state index in [1.807, 2.05) is 6.07 Å². The summed E-state index contributed by atoms with van der Waals surface area (Å²) in [5.74, 6) is -0.441. The fourth-order valence-electron chi connectivity index (χ4n) is 2.58. The van der Waals surface area contributed by atoms with Crippen molar-refractivity contribution in [1.29, 1.82) is 0 Å². The molecule has 1 N–H and O–H groups in total. The van der Waals surface area contributed by atoms with Gasteiger partial charge in [0, 0.05) is 23.3 Å². The quantitative estimate of drug-likeness (QED) is 0.896. The van der Waals surface area contributed by atoms with Crippen LogP contribution in [0, 0.1) is 0 Å². The summed E-state index contributed by atoms with van der Waals surface area (Å²) in [6.45, 7) is 0.275. The summed E-state index contributed by atoms with van der Waals surface area (Å²) < 4.78 is 3.43. The number of nitrogens with zero attached hydrogens (tertiary/aromatic N) is 4. The molecule has 0 spiro atoms. The zero-order valence-corrected chi connectivity index (χ0v) is 12.7. The number of rotatable bonds is 3. The van der Waals surface area contributed by atoms with Gasteiger partial charge in [-0.05, 0) is 40.4 Å². The van der Waals surface area contributed by atoms with Crippen LogP contribution in [0.5, 0.6) is 0 Å². The molecule has 0 radical (unpaired) electrons. The van der Waals surface area contributed by atoms with Crippen LogP contribution < -0.4 is 5.69 Å². The number of carboxylic acids is 1. The molecule has 3 heterocycles. The van der Waals surface area contributed by atoms with Gasteiger partial charge in [-0.1, -0.05) is 0 Å². The van der Waals surface area contributed by atoms with Crippen molar-refractivity contribution < 1.29 is 9.90 Å². The summed E-state index contributed by atoms with van der Waals surface area (Å²) in [6, 6.07) is 1.04. The third kappa shape index (κ3) is 2.63. The molecule has 2 aromatic rings. The number of aromatic nitrogens is 4. The van der Waals surface area contributed by atoms with Crippen LogP contribution in [0.4, 0.5) is 0 Å². The molecule has 110 valence electrons. The molecular weight excluding hydrogens is 340 g/mol. The molecule has 0 aliphatic carbocycles. The van der Waals surface area contributed by atoms with E-state index in [1.165, 1.54) is 9.25 Å². The average molecular weight is 353 g/mol. The predicted octanol–water partition coefficient (Wildman–Crippen LogP) is 1.21. The van der Waals surface area contributed by atoms with Gasteiger partial charge in [0.15, 0.2) is 0 Å². The Morgan fingerprint density at radius 1 is 1.48 bits per heavy atom. The minimum Gasteiger partial charge on any atom is -0.480 e. The highest BCUT2D eigenvalue weighted by atomic mass is 79.9. The van der Waals surface area contributed by atoms with E-state index in [-0.39, 0.29) is 12.2 Å². The molecule has 0 bridgehead atoms. The largest absolute Gasteiger partial charge is 0.480 e. The van der Waals surface area contributed by atoms with E-state index < -0.39 is 12.0 Å². The minimum atomic E-state index is -0.985. The van der Waals surface area contributed by atoms with Gasteiger partial charge >= 0.3 is 11.7 Å². The summed E-state index contributed by atoms with van der Waals surface area (Å²) in [4.78, 5) is 27.7. The summed E-state index contributed by atoms with van der Waals surface area (Å²) in [5, 5.41) is 13.5. The molecule has 21 heavy (non-hydrogen) atoms. The molecule has 2 aromatic heterocycles. The van der Waals surface area contributed by atoms with Crippen molar-refractivity contribution in [3.05, 3.63) is 44.8 Å². The number of aliphatic carboxylic acids is 1. The Hall–Kier alpha value is -1.96. The van der Waals surface area contributed by atoms with Crippen LogP contribution in [0.3, 0.4) is 0 Å². The second-order valence-corrected chi connectivity index (χ2v) is 5.90. The van der Waals surface area contributed by atoms with Gasteiger partial charge in [0.25, 0.3) is 0 Å². The van der Waals surface area contributed by atoms with Crippen LogP contribution in [-0.2, 0) is 17.8 Å². The fourth-order valence-corrected chi connectivity index (χ4v) is 3.00. The van der Waals surface area contributed by atoms with Crippen molar-refractivity contribution in [3.63, 3.8) is 0 Å². The van der Waals surface area contributed by atoms with Crippen molar-refractivity contribution in [3.8, 4) is 0 Å². The highest BCUT2D eigenvalue weighted by molar-refractivity contribution is 9.10. The number of carbonyl (C=O) groups is 1. The van der Waals surface area contributed by atoms with Gasteiger partial charge in [0.1, 0.15) is 11.9 Å². The Morgan fingerprint density at radius 2 is 2.29 bits per heavy atom. The Bertz CT molecular complexity index is 752. The molecular formula is C13H13BrN4O3. The second-order valence-electron chi connectivity index (χ2n) is 4.98. The zero-order valence-electron chi connectivity index (χ0n) is 11.1. The normalized spacial score (nSPS) is 17.5. The van der Waals surface area contributed by atoms with Crippen molar-refractivity contribution in [2.45, 2.75) is 31.8 Å². The molecule has 0 aromatic carbocycles. The first-order valence-electron chi connectivity index (χ1n) is 6.56. The topological polar surface area (TPSA) is 90.0 Å². The number of carboxylic acid groups (broad SMARTS) is 1. The van der Waals surface area contributed by atoms with Gasteiger partial charge in [-0.2, -0.15) is 5.10 Å². The van der Waals surface area contributed by atoms with Crippen molar-refractivity contribution >= 4 is 21.9 Å². The second kappa shape index (κ2) is 5.44. The maximum Gasteiger partial charge on any atom is 0.347 e. The number of halogens is 1. The summed E-state index contributed by atoms with van der Waals surface area (Å²) in [6.07, 6.45) is 5.14. The molecule has 0 fully saturated rings. The molecule has 0 saturated heterocycles. The Kier molecular flexibility index (Phi) is 3.62. The molecule has 7 nitrogen and oxygen atoms in total. The Balaban J connectivity index is 1.99. The van der Waals surface area contributed by atoms with Crippen molar-refractivity contribution in [1.82, 2.24) is 19.3 Å². The third-order valence-corrected chi connectivity index (χ3v) is 3.94. The lowest BCUT2D eigenvalue weighted by atomic mass is 10.1. The average Bonchev–Trinajstić information content (AvgIpc) is 2.75. The molecule has 1 aliphatic rings. The zero-order chi connectivity index (χ0) is 15.0. The number of aryl methyl sites for hydroxylation is 1. The van der Waals surface area contributed by atoms with Crippen LogP contribution in [-0.4, -0.2) is 30.4 Å². The molecule has 8 heteroatoms. The minimum absolute atomic E-state index is 0.275. The van der Waals surface area contributed by atoms with Crippen LogP contribution in [0.25, 0.3) is 0 Å². The van der Waals surface area contributed by atoms with Crippen LogP contribution in [0.1, 0.15) is 30.3 Å². The molecule has 1 aliphatic heterocycles. The maximum absolute atomic E-state index is 12.4. The summed E-state index contributed by atoms with van der Waals surface area (Å²) in [7, 11) is 0. The summed E-state index contributed by atoms with van der Waals surface area (Å²) in [5.41, 5.74) is 0.450. The van der Waals surface area contributed by atoms with E-state index in [0.717, 1.165) is 16.5 Å². The first kappa shape index (κ1) is 14.0. The predicted molar refractivity (Wildman–Crippen MR) is 77.1 cm³/mol. The van der Waals surface area contributed by atoms with Gasteiger partial charge in [-0.15, -0.1) is 0 Å². The lowest BCUT2D eigenvalue weighted by molar-refractivity contribution is -0.141. The lowest BCUT2D eigenvalue weighted by Gasteiger charge is -2.19. The van der Waals surface area contributed by atoms with E-state index in [9.17, 15) is 14.7 Å². The van der Waals surface area contributed by atoms with Gasteiger partial charge in [-0.3, -0.25) is 9.55 Å². The van der Waals surface area contributed by atoms with E-state index in [4.69, 9.17) is 0 Å². The molecule has 1 atom stereocenters. The highest BCUT2D eigenvalue weighted by Gasteiger charge is 2.30. The fraction of sp³-hybridized carbons (Fsp3) is 0.385. The van der Waals surface area contributed by atoms with E-state index in [1.54, 1.807) is 12.4 Å². The van der Waals surface area contributed by atoms with Gasteiger partial charge < -0.3 is 5.11 Å². The molecule has 1 unspecified atom stereocenters. The summed E-state index contributed by atoms with van der Waals surface area (Å²) >= 11 is 3.33. The molecule has 0 amide bonds. The van der Waals surface area contributed by atoms with Crippen molar-refractivity contribution in [2.24, 2.45) is 0 Å². The highest BCUT2D eigenvalue weighted by Crippen LogP contribution is 2.22. The maximum atomic E-state index is 12.4. The standard InChI is InChI=1S/C13H13BrN4O3/c14-9-4-8(5-15-6-9)7-17-13(21)18-10(12(19)20)2-1-3-11(18)16-17/h4-6,10H,1-3,7H2,(H,19,20). The number of pyridine rings is 1. The Labute approximate surface area is 128 Å². The number of fused-ring (bicyclic) bond motifs is 1. The molecule has 0 saturated carbocycles. The number of hydrogen-bond donors (Lipinski definition) is 1. The van der Waals surface area contributed by atoms with Crippen LogP contribution in [0.15, 0.2) is 27.7 Å². The van der Waals surface area contributed by atoms with Crippen molar-refractivity contribution in [2.75, 3.05) is 0 Å². The molecule has 3 rings (SSSR count). The Morgan fingerprint density at radius 3 is 3.00 bits per heavy atom. The first-order valence-corrected chi connectivity index (χ1v) is 7.36. The smallest absolute Gasteiger partial charge is 0.347 e. The van der Waals surface area contributed by atoms with Gasteiger partial charge in [0.2, 0.25) is 0 Å². The number of hydrogen-bond acceptors (Lipinski definition) is 4. The van der Waals surface area contributed by atoms with Gasteiger partial charge in [-0.25, -0.2) is 14.3 Å². The van der Waals surface area contributed by atoms with E-state index in [2.05, 4.69) is 26.0 Å². The third-order valence-electron chi connectivity index (χ3n) is 3.51. The van der Waals surface area contributed by atoms with E-state index in [0.29, 0.717) is 18.7 Å². The van der Waals surface area contributed by atoms with Crippen LogP contribution in [0.2, 0.25) is 0 Å². The first-order chi connectivity index (χ1) is 10.1.